The summed E-state index contributed by atoms with van der Waals surface area (Å²) in [6, 6.07) is 16.1. The van der Waals surface area contributed by atoms with Gasteiger partial charge in [-0.3, -0.25) is 9.78 Å². The molecule has 1 aliphatic rings. The Hall–Kier alpha value is -2.67. The van der Waals surface area contributed by atoms with Crippen LogP contribution in [0.4, 0.5) is 0 Å². The maximum atomic E-state index is 12.0. The lowest BCUT2D eigenvalue weighted by Crippen LogP contribution is -2.36. The van der Waals surface area contributed by atoms with Crippen molar-refractivity contribution in [2.75, 3.05) is 0 Å². The van der Waals surface area contributed by atoms with Crippen LogP contribution in [0, 0.1) is 17.2 Å². The first kappa shape index (κ1) is 16.2. The predicted octanol–water partition coefficient (Wildman–Crippen LogP) is 3.30. The smallest absolute Gasteiger partial charge is 0.225 e. The Morgan fingerprint density at radius 3 is 2.33 bits per heavy atom. The molecule has 0 saturated heterocycles. The van der Waals surface area contributed by atoms with Gasteiger partial charge in [0.1, 0.15) is 0 Å². The molecule has 1 heterocycles. The summed E-state index contributed by atoms with van der Waals surface area (Å²) in [4.78, 5) is 16.1. The number of primary amides is 1. The summed E-state index contributed by atoms with van der Waals surface area (Å²) in [5.74, 6) is -0.367. The SMILES string of the molecule is N#CC1(c2ccncc2)CCC(C(C(N)=O)c2ccccc2)CC1. The average molecular weight is 319 g/mol. The van der Waals surface area contributed by atoms with Gasteiger partial charge < -0.3 is 5.73 Å². The predicted molar refractivity (Wildman–Crippen MR) is 91.9 cm³/mol. The number of nitrogens with two attached hydrogens (primary N) is 1. The summed E-state index contributed by atoms with van der Waals surface area (Å²) in [5, 5.41) is 9.78. The number of pyridine rings is 1. The summed E-state index contributed by atoms with van der Waals surface area (Å²) >= 11 is 0. The van der Waals surface area contributed by atoms with Crippen LogP contribution in [0.3, 0.4) is 0 Å². The van der Waals surface area contributed by atoms with Gasteiger partial charge in [-0.25, -0.2) is 0 Å². The lowest BCUT2D eigenvalue weighted by atomic mass is 9.64. The van der Waals surface area contributed by atoms with E-state index in [0.717, 1.165) is 36.8 Å². The Bertz CT molecular complexity index is 728. The van der Waals surface area contributed by atoms with E-state index in [1.807, 2.05) is 42.5 Å². The number of hydrogen-bond donors (Lipinski definition) is 1. The molecule has 1 fully saturated rings. The summed E-state index contributed by atoms with van der Waals surface area (Å²) in [6.07, 6.45) is 6.59. The van der Waals surface area contributed by atoms with Gasteiger partial charge in [0.15, 0.2) is 0 Å². The molecule has 1 amide bonds. The third-order valence-electron chi connectivity index (χ3n) is 5.27. The van der Waals surface area contributed by atoms with Crippen molar-refractivity contribution in [2.45, 2.75) is 37.0 Å². The molecular formula is C20H21N3O. The van der Waals surface area contributed by atoms with E-state index in [9.17, 15) is 10.1 Å². The first-order valence-corrected chi connectivity index (χ1v) is 8.32. The number of amides is 1. The lowest BCUT2D eigenvalue weighted by Gasteiger charge is -2.37. The summed E-state index contributed by atoms with van der Waals surface area (Å²) < 4.78 is 0. The van der Waals surface area contributed by atoms with Crippen LogP contribution in [0.5, 0.6) is 0 Å². The second-order valence-corrected chi connectivity index (χ2v) is 6.56. The molecule has 1 aliphatic carbocycles. The van der Waals surface area contributed by atoms with Crippen molar-refractivity contribution in [2.24, 2.45) is 11.7 Å². The fourth-order valence-electron chi connectivity index (χ4n) is 3.93. The molecule has 0 radical (unpaired) electrons. The van der Waals surface area contributed by atoms with Crippen LogP contribution in [0.2, 0.25) is 0 Å². The lowest BCUT2D eigenvalue weighted by molar-refractivity contribution is -0.121. The van der Waals surface area contributed by atoms with Gasteiger partial charge >= 0.3 is 0 Å². The quantitative estimate of drug-likeness (QED) is 0.939. The largest absolute Gasteiger partial charge is 0.369 e. The van der Waals surface area contributed by atoms with Gasteiger partial charge in [0, 0.05) is 12.4 Å². The highest BCUT2D eigenvalue weighted by molar-refractivity contribution is 5.82. The number of carbonyl (C=O) groups is 1. The van der Waals surface area contributed by atoms with Crippen LogP contribution >= 0.6 is 0 Å². The first-order chi connectivity index (χ1) is 11.7. The minimum absolute atomic E-state index is 0.188. The van der Waals surface area contributed by atoms with Crippen molar-refractivity contribution in [1.29, 1.82) is 5.26 Å². The Balaban J connectivity index is 1.81. The van der Waals surface area contributed by atoms with E-state index in [1.165, 1.54) is 0 Å². The van der Waals surface area contributed by atoms with Crippen LogP contribution in [0.1, 0.15) is 42.7 Å². The van der Waals surface area contributed by atoms with Crippen molar-refractivity contribution in [3.63, 3.8) is 0 Å². The molecule has 24 heavy (non-hydrogen) atoms. The number of carbonyl (C=O) groups excluding carboxylic acids is 1. The standard InChI is InChI=1S/C20H21N3O/c21-14-20(17-8-12-23-13-9-17)10-6-16(7-11-20)18(19(22)24)15-4-2-1-3-5-15/h1-5,8-9,12-13,16,18H,6-7,10-11H2,(H2,22,24). The van der Waals surface area contributed by atoms with Crippen molar-refractivity contribution >= 4 is 5.91 Å². The molecular weight excluding hydrogens is 298 g/mol. The number of rotatable bonds is 4. The third kappa shape index (κ3) is 3.03. The van der Waals surface area contributed by atoms with Crippen molar-refractivity contribution in [1.82, 2.24) is 4.98 Å². The maximum Gasteiger partial charge on any atom is 0.225 e. The minimum Gasteiger partial charge on any atom is -0.369 e. The normalized spacial score (nSPS) is 24.7. The van der Waals surface area contributed by atoms with Gasteiger partial charge in [0.25, 0.3) is 0 Å². The zero-order valence-electron chi connectivity index (χ0n) is 13.6. The van der Waals surface area contributed by atoms with Gasteiger partial charge in [-0.15, -0.1) is 0 Å². The zero-order valence-corrected chi connectivity index (χ0v) is 13.6. The Kier molecular flexibility index (Phi) is 4.61. The molecule has 2 aromatic rings. The molecule has 4 nitrogen and oxygen atoms in total. The Labute approximate surface area is 142 Å². The number of nitrogens with zero attached hydrogens (tertiary/aromatic N) is 2. The van der Waals surface area contributed by atoms with Gasteiger partial charge in [0.2, 0.25) is 5.91 Å². The van der Waals surface area contributed by atoms with E-state index >= 15 is 0 Å². The fourth-order valence-corrected chi connectivity index (χ4v) is 3.93. The molecule has 0 bridgehead atoms. The fraction of sp³-hybridized carbons (Fsp3) is 0.350. The number of benzene rings is 1. The monoisotopic (exact) mass is 319 g/mol. The molecule has 4 heteroatoms. The zero-order chi connectivity index (χ0) is 17.0. The van der Waals surface area contributed by atoms with Gasteiger partial charge in [0.05, 0.1) is 17.4 Å². The summed E-state index contributed by atoms with van der Waals surface area (Å²) in [5.41, 5.74) is 7.22. The van der Waals surface area contributed by atoms with Gasteiger partial charge in [-0.05, 0) is 54.9 Å². The Morgan fingerprint density at radius 2 is 1.79 bits per heavy atom. The molecule has 0 aliphatic heterocycles. The van der Waals surface area contributed by atoms with Crippen molar-refractivity contribution in [3.05, 3.63) is 66.0 Å². The molecule has 1 aromatic carbocycles. The molecule has 1 aromatic heterocycles. The molecule has 0 spiro atoms. The highest BCUT2D eigenvalue weighted by atomic mass is 16.1. The van der Waals surface area contributed by atoms with E-state index in [-0.39, 0.29) is 17.7 Å². The summed E-state index contributed by atoms with van der Waals surface area (Å²) in [6.45, 7) is 0. The van der Waals surface area contributed by atoms with Crippen LogP contribution < -0.4 is 5.73 Å². The van der Waals surface area contributed by atoms with Crippen molar-refractivity contribution in [3.8, 4) is 6.07 Å². The number of nitriles is 1. The molecule has 1 atom stereocenters. The molecule has 2 N–H and O–H groups in total. The summed E-state index contributed by atoms with van der Waals surface area (Å²) in [7, 11) is 0. The van der Waals surface area contributed by atoms with Crippen molar-refractivity contribution < 1.29 is 4.79 Å². The van der Waals surface area contributed by atoms with Crippen LogP contribution in [-0.2, 0) is 10.2 Å². The first-order valence-electron chi connectivity index (χ1n) is 8.32. The van der Waals surface area contributed by atoms with E-state index in [0.29, 0.717) is 0 Å². The third-order valence-corrected chi connectivity index (χ3v) is 5.27. The highest BCUT2D eigenvalue weighted by Crippen LogP contribution is 2.45. The maximum absolute atomic E-state index is 12.0. The van der Waals surface area contributed by atoms with Crippen LogP contribution in [-0.4, -0.2) is 10.9 Å². The van der Waals surface area contributed by atoms with Gasteiger partial charge in [-0.2, -0.15) is 5.26 Å². The van der Waals surface area contributed by atoms with E-state index in [4.69, 9.17) is 5.73 Å². The number of hydrogen-bond acceptors (Lipinski definition) is 3. The van der Waals surface area contributed by atoms with E-state index in [2.05, 4.69) is 11.1 Å². The van der Waals surface area contributed by atoms with E-state index in [1.54, 1.807) is 12.4 Å². The second kappa shape index (κ2) is 6.84. The highest BCUT2D eigenvalue weighted by Gasteiger charge is 2.40. The second-order valence-electron chi connectivity index (χ2n) is 6.56. The molecule has 1 unspecified atom stereocenters. The van der Waals surface area contributed by atoms with E-state index < -0.39 is 5.41 Å². The minimum atomic E-state index is -0.474. The Morgan fingerprint density at radius 1 is 1.17 bits per heavy atom. The number of aromatic nitrogens is 1. The van der Waals surface area contributed by atoms with Crippen LogP contribution in [0.15, 0.2) is 54.9 Å². The molecule has 3 rings (SSSR count). The molecule has 1 saturated carbocycles. The topological polar surface area (TPSA) is 79.8 Å². The van der Waals surface area contributed by atoms with Gasteiger partial charge in [-0.1, -0.05) is 30.3 Å². The van der Waals surface area contributed by atoms with Crippen LogP contribution in [0.25, 0.3) is 0 Å². The molecule has 122 valence electrons. The average Bonchev–Trinajstić information content (AvgIpc) is 2.64.